The quantitative estimate of drug-likeness (QED) is 0.762. The van der Waals surface area contributed by atoms with Gasteiger partial charge in [0.1, 0.15) is 10.7 Å². The first-order valence-electron chi connectivity index (χ1n) is 8.14. The number of rotatable bonds is 4. The van der Waals surface area contributed by atoms with Crippen molar-refractivity contribution < 1.29 is 32.5 Å². The molecule has 2 aliphatic heterocycles. The molecule has 1 N–H and O–H groups in total. The monoisotopic (exact) mass is 415 g/mol. The van der Waals surface area contributed by atoms with Gasteiger partial charge in [-0.15, -0.1) is 5.10 Å². The highest BCUT2D eigenvalue weighted by Gasteiger charge is 2.61. The first kappa shape index (κ1) is 20.2. The number of para-hydroxylation sites is 1. The van der Waals surface area contributed by atoms with E-state index in [9.17, 15) is 23.1 Å². The number of carbonyl (C=O) groups excluding carboxylic acids is 1. The maximum Gasteiger partial charge on any atom is 0.437 e. The number of esters is 1. The van der Waals surface area contributed by atoms with E-state index in [-0.39, 0.29) is 28.0 Å². The smallest absolute Gasteiger partial charge is 0.437 e. The number of amidine groups is 1. The number of methoxy groups -OCH3 is 1. The molecule has 1 unspecified atom stereocenters. The highest BCUT2D eigenvalue weighted by molar-refractivity contribution is 8.18. The molecule has 28 heavy (non-hydrogen) atoms. The Labute approximate surface area is 162 Å². The van der Waals surface area contributed by atoms with Gasteiger partial charge in [0.25, 0.3) is 0 Å². The Morgan fingerprint density at radius 3 is 2.71 bits per heavy atom. The van der Waals surface area contributed by atoms with E-state index >= 15 is 0 Å². The predicted octanol–water partition coefficient (Wildman–Crippen LogP) is 2.86. The van der Waals surface area contributed by atoms with E-state index in [0.717, 1.165) is 6.20 Å². The molecule has 0 saturated carbocycles. The minimum atomic E-state index is -5.07. The highest BCUT2D eigenvalue weighted by Crippen LogP contribution is 2.45. The van der Waals surface area contributed by atoms with Crippen molar-refractivity contribution in [3.63, 3.8) is 0 Å². The lowest BCUT2D eigenvalue weighted by atomic mass is 9.98. The summed E-state index contributed by atoms with van der Waals surface area (Å²) >= 11 is 0.646. The van der Waals surface area contributed by atoms with E-state index in [1.807, 2.05) is 0 Å². The van der Waals surface area contributed by atoms with E-state index in [2.05, 4.69) is 10.2 Å². The fourth-order valence-electron chi connectivity index (χ4n) is 2.70. The lowest BCUT2D eigenvalue weighted by Crippen LogP contribution is -2.58. The molecular weight excluding hydrogens is 399 g/mol. The molecule has 150 valence electrons. The summed E-state index contributed by atoms with van der Waals surface area (Å²) in [5.41, 5.74) is -3.19. The number of hydrogen-bond acceptors (Lipinski definition) is 8. The number of carbonyl (C=O) groups is 1. The van der Waals surface area contributed by atoms with Gasteiger partial charge in [-0.05, 0) is 30.8 Å². The zero-order valence-electron chi connectivity index (χ0n) is 14.9. The summed E-state index contributed by atoms with van der Waals surface area (Å²) in [7, 11) is 1.38. The molecule has 2 heterocycles. The maximum absolute atomic E-state index is 13.9. The predicted molar refractivity (Wildman–Crippen MR) is 96.7 cm³/mol. The normalized spacial score (nSPS) is 21.9. The van der Waals surface area contributed by atoms with Gasteiger partial charge >= 0.3 is 12.1 Å². The molecule has 0 radical (unpaired) electrons. The number of ether oxygens (including phenoxy) is 2. The second kappa shape index (κ2) is 7.47. The Bertz CT molecular complexity index is 885. The number of hydrogen-bond donors (Lipinski definition) is 1. The molecule has 0 spiro atoms. The SMILES string of the molecule is CCOC(=O)C1=CN2C(=NN=C(c3ccccc3OC)CC2(O)C(F)(F)F)S1. The fraction of sp³-hybridized carbons (Fsp3) is 0.353. The summed E-state index contributed by atoms with van der Waals surface area (Å²) in [6.45, 7) is 1.63. The van der Waals surface area contributed by atoms with Gasteiger partial charge in [0.05, 0.1) is 25.8 Å². The van der Waals surface area contributed by atoms with Crippen molar-refractivity contribution in [2.24, 2.45) is 10.2 Å². The fourth-order valence-corrected chi connectivity index (χ4v) is 3.58. The van der Waals surface area contributed by atoms with Crippen LogP contribution in [0.4, 0.5) is 13.2 Å². The summed E-state index contributed by atoms with van der Waals surface area (Å²) < 4.78 is 51.7. The number of halogens is 3. The Morgan fingerprint density at radius 2 is 2.07 bits per heavy atom. The molecule has 0 aromatic heterocycles. The topological polar surface area (TPSA) is 83.7 Å². The molecular formula is C17H16F3N3O4S. The molecule has 0 bridgehead atoms. The average Bonchev–Trinajstić information content (AvgIpc) is 3.03. The van der Waals surface area contributed by atoms with Crippen molar-refractivity contribution in [3.8, 4) is 5.75 Å². The third-order valence-corrected chi connectivity index (χ3v) is 5.02. The van der Waals surface area contributed by atoms with Crippen molar-refractivity contribution in [2.75, 3.05) is 13.7 Å². The molecule has 7 nitrogen and oxygen atoms in total. The standard InChI is InChI=1S/C17H16F3N3O4S/c1-3-27-14(24)13-9-23-15(28-13)22-21-11(8-16(23,25)17(18,19)20)10-6-4-5-7-12(10)26-2/h4-7,9,25H,3,8H2,1-2H3. The van der Waals surface area contributed by atoms with Crippen LogP contribution in [0.5, 0.6) is 5.75 Å². The molecule has 11 heteroatoms. The van der Waals surface area contributed by atoms with Crippen LogP contribution in [-0.4, -0.2) is 52.5 Å². The first-order chi connectivity index (χ1) is 13.2. The van der Waals surface area contributed by atoms with Crippen molar-refractivity contribution >= 4 is 28.6 Å². The van der Waals surface area contributed by atoms with Gasteiger partial charge in [-0.3, -0.25) is 4.90 Å². The molecule has 0 saturated heterocycles. The van der Waals surface area contributed by atoms with Gasteiger partial charge in [-0.25, -0.2) is 4.79 Å². The van der Waals surface area contributed by atoms with Gasteiger partial charge in [-0.1, -0.05) is 12.1 Å². The summed E-state index contributed by atoms with van der Waals surface area (Å²) in [6.07, 6.45) is -5.10. The van der Waals surface area contributed by atoms with Crippen LogP contribution in [0.25, 0.3) is 0 Å². The molecule has 0 aliphatic carbocycles. The summed E-state index contributed by atoms with van der Waals surface area (Å²) in [5.74, 6) is -0.509. The third kappa shape index (κ3) is 3.47. The molecule has 1 aromatic carbocycles. The van der Waals surface area contributed by atoms with Gasteiger partial charge in [0.15, 0.2) is 5.17 Å². The third-order valence-electron chi connectivity index (χ3n) is 4.07. The lowest BCUT2D eigenvalue weighted by molar-refractivity contribution is -0.290. The van der Waals surface area contributed by atoms with Gasteiger partial charge < -0.3 is 14.6 Å². The Morgan fingerprint density at radius 1 is 1.36 bits per heavy atom. The van der Waals surface area contributed by atoms with Gasteiger partial charge in [0, 0.05) is 11.8 Å². The summed E-state index contributed by atoms with van der Waals surface area (Å²) in [6, 6.07) is 6.36. The Kier molecular flexibility index (Phi) is 5.39. The largest absolute Gasteiger partial charge is 0.496 e. The molecule has 0 amide bonds. The van der Waals surface area contributed by atoms with Crippen LogP contribution >= 0.6 is 11.8 Å². The number of alkyl halides is 3. The number of fused-ring (bicyclic) bond motifs is 1. The zero-order chi connectivity index (χ0) is 20.5. The number of aliphatic hydroxyl groups is 1. The Balaban J connectivity index is 2.08. The second-order valence-corrected chi connectivity index (χ2v) is 6.82. The second-order valence-electron chi connectivity index (χ2n) is 5.81. The van der Waals surface area contributed by atoms with Crippen molar-refractivity contribution in [3.05, 3.63) is 40.9 Å². The highest BCUT2D eigenvalue weighted by atomic mass is 32.2. The molecule has 0 fully saturated rings. The van der Waals surface area contributed by atoms with Crippen LogP contribution in [0.15, 0.2) is 45.6 Å². The zero-order valence-corrected chi connectivity index (χ0v) is 15.7. The first-order valence-corrected chi connectivity index (χ1v) is 8.96. The van der Waals surface area contributed by atoms with Crippen LogP contribution < -0.4 is 4.74 Å². The number of nitrogens with zero attached hydrogens (tertiary/aromatic N) is 3. The van der Waals surface area contributed by atoms with Crippen LogP contribution in [0.2, 0.25) is 0 Å². The minimum absolute atomic E-state index is 0.0584. The summed E-state index contributed by atoms with van der Waals surface area (Å²) in [5, 5.41) is 18.1. The van der Waals surface area contributed by atoms with E-state index < -0.39 is 24.3 Å². The van der Waals surface area contributed by atoms with E-state index in [0.29, 0.717) is 22.4 Å². The molecule has 3 rings (SSSR count). The molecule has 2 aliphatic rings. The maximum atomic E-state index is 13.9. The van der Waals surface area contributed by atoms with Crippen molar-refractivity contribution in [1.29, 1.82) is 0 Å². The van der Waals surface area contributed by atoms with Crippen molar-refractivity contribution in [2.45, 2.75) is 25.2 Å². The molecule has 1 atom stereocenters. The number of benzene rings is 1. The van der Waals surface area contributed by atoms with E-state index in [4.69, 9.17) is 9.47 Å². The minimum Gasteiger partial charge on any atom is -0.496 e. The van der Waals surface area contributed by atoms with Gasteiger partial charge in [-0.2, -0.15) is 18.3 Å². The van der Waals surface area contributed by atoms with Gasteiger partial charge in [0.2, 0.25) is 5.72 Å². The molecule has 1 aromatic rings. The summed E-state index contributed by atoms with van der Waals surface area (Å²) in [4.78, 5) is 12.3. The van der Waals surface area contributed by atoms with Crippen LogP contribution in [0.1, 0.15) is 18.9 Å². The lowest BCUT2D eigenvalue weighted by Gasteiger charge is -2.37. The van der Waals surface area contributed by atoms with E-state index in [1.54, 1.807) is 25.1 Å². The average molecular weight is 415 g/mol. The number of thioether (sulfide) groups is 1. The van der Waals surface area contributed by atoms with Crippen LogP contribution in [-0.2, 0) is 9.53 Å². The Hall–Kier alpha value is -2.53. The van der Waals surface area contributed by atoms with Crippen molar-refractivity contribution in [1.82, 2.24) is 4.90 Å². The van der Waals surface area contributed by atoms with Crippen LogP contribution in [0, 0.1) is 0 Å². The van der Waals surface area contributed by atoms with Crippen LogP contribution in [0.3, 0.4) is 0 Å². The van der Waals surface area contributed by atoms with E-state index in [1.165, 1.54) is 13.2 Å².